The molecule has 2 aliphatic rings. The van der Waals surface area contributed by atoms with Gasteiger partial charge in [0.1, 0.15) is 23.3 Å². The molecule has 0 spiro atoms. The SMILES string of the molecule is C=C.CC.CC.CC.O=C(c1ccccn1)N1c2n3ccccc3c([O-])[n+]2C2CCCCC21. The quantitative estimate of drug-likeness (QED) is 0.350. The Morgan fingerprint density at radius 3 is 2.27 bits per heavy atom. The number of carbonyl (C=O) groups is 1. The van der Waals surface area contributed by atoms with Crippen LogP contribution in [0, 0.1) is 0 Å². The largest absolute Gasteiger partial charge is 0.846 e. The van der Waals surface area contributed by atoms with Crippen LogP contribution in [0.1, 0.15) is 83.8 Å². The lowest BCUT2D eigenvalue weighted by molar-refractivity contribution is -0.736. The molecule has 6 nitrogen and oxygen atoms in total. The minimum Gasteiger partial charge on any atom is -0.846 e. The van der Waals surface area contributed by atoms with Gasteiger partial charge in [0.25, 0.3) is 0 Å². The molecule has 1 saturated carbocycles. The van der Waals surface area contributed by atoms with Crippen LogP contribution >= 0.6 is 0 Å². The molecule has 0 bridgehead atoms. The molecular formula is C27H40N4O2. The summed E-state index contributed by atoms with van der Waals surface area (Å²) in [5.41, 5.74) is 1.03. The number of amides is 1. The predicted octanol–water partition coefficient (Wildman–Crippen LogP) is 5.72. The number of rotatable bonds is 1. The van der Waals surface area contributed by atoms with Crippen LogP contribution < -0.4 is 14.6 Å². The third-order valence-electron chi connectivity index (χ3n) is 5.40. The first-order valence-corrected chi connectivity index (χ1v) is 12.2. The van der Waals surface area contributed by atoms with Crippen molar-refractivity contribution in [3.8, 4) is 5.88 Å². The summed E-state index contributed by atoms with van der Waals surface area (Å²) in [6, 6.07) is 11.0. The second kappa shape index (κ2) is 14.1. The minimum absolute atomic E-state index is 0.0104. The fourth-order valence-electron chi connectivity index (χ4n) is 4.35. The molecule has 4 heterocycles. The highest BCUT2D eigenvalue weighted by atomic mass is 16.3. The van der Waals surface area contributed by atoms with E-state index in [0.29, 0.717) is 17.2 Å². The zero-order valence-electron chi connectivity index (χ0n) is 21.1. The average molecular weight is 453 g/mol. The standard InChI is InChI=1S/C19H18N4O2.3C2H6.C2H4/c24-17(13-7-3-5-11-20-13)22-14-8-1-2-9-15(14)23-18(25)16-10-4-6-12-21(16)19(22)23;4*1-2/h3-7,10-12,14-15H,1-2,8-9H2;3*1-2H3;1-2H2. The summed E-state index contributed by atoms with van der Waals surface area (Å²) >= 11 is 0. The van der Waals surface area contributed by atoms with Gasteiger partial charge in [0.15, 0.2) is 0 Å². The molecule has 0 saturated heterocycles. The van der Waals surface area contributed by atoms with Crippen molar-refractivity contribution in [2.75, 3.05) is 4.90 Å². The Hall–Kier alpha value is -3.15. The molecule has 180 valence electrons. The second-order valence-corrected chi connectivity index (χ2v) is 6.74. The number of nitrogens with zero attached hydrogens (tertiary/aromatic N) is 4. The Morgan fingerprint density at radius 1 is 1.00 bits per heavy atom. The molecule has 1 fully saturated rings. The molecule has 33 heavy (non-hydrogen) atoms. The van der Waals surface area contributed by atoms with Crippen LogP contribution in [-0.4, -0.2) is 21.3 Å². The van der Waals surface area contributed by atoms with E-state index in [1.807, 2.05) is 81.0 Å². The first kappa shape index (κ1) is 27.9. The molecule has 3 aromatic heterocycles. The summed E-state index contributed by atoms with van der Waals surface area (Å²) in [4.78, 5) is 19.3. The van der Waals surface area contributed by atoms with Crippen LogP contribution in [0.15, 0.2) is 61.9 Å². The normalized spacial score (nSPS) is 17.3. The number of aromatic nitrogens is 3. The number of anilines is 1. The number of fused-ring (bicyclic) bond motifs is 5. The maximum atomic E-state index is 13.3. The van der Waals surface area contributed by atoms with E-state index in [4.69, 9.17) is 0 Å². The molecule has 2 unspecified atom stereocenters. The van der Waals surface area contributed by atoms with E-state index in [1.54, 1.807) is 23.2 Å². The fraction of sp³-hybridized carbons (Fsp3) is 0.444. The molecule has 1 aliphatic heterocycles. The number of imidazole rings is 1. The Bertz CT molecular complexity index is 984. The lowest BCUT2D eigenvalue weighted by Crippen LogP contribution is -2.45. The van der Waals surface area contributed by atoms with E-state index >= 15 is 0 Å². The van der Waals surface area contributed by atoms with Gasteiger partial charge in [-0.05, 0) is 49.9 Å². The Balaban J connectivity index is 0.000000619. The van der Waals surface area contributed by atoms with Gasteiger partial charge in [-0.3, -0.25) is 0 Å². The highest BCUT2D eigenvalue weighted by Crippen LogP contribution is 2.40. The van der Waals surface area contributed by atoms with Crippen molar-refractivity contribution in [3.05, 3.63) is 67.6 Å². The summed E-state index contributed by atoms with van der Waals surface area (Å²) in [7, 11) is 0. The predicted molar refractivity (Wildman–Crippen MR) is 135 cm³/mol. The van der Waals surface area contributed by atoms with Gasteiger partial charge in [0.05, 0.1) is 12.1 Å². The van der Waals surface area contributed by atoms with Crippen molar-refractivity contribution in [2.45, 2.75) is 79.3 Å². The molecular weight excluding hydrogens is 412 g/mol. The van der Waals surface area contributed by atoms with Crippen LogP contribution in [0.5, 0.6) is 5.88 Å². The van der Waals surface area contributed by atoms with Crippen molar-refractivity contribution in [2.24, 2.45) is 0 Å². The number of pyridine rings is 2. The average Bonchev–Trinajstić information content (AvgIpc) is 3.42. The molecule has 0 aromatic carbocycles. The Kier molecular flexibility index (Phi) is 11.9. The Labute approximate surface area is 199 Å². The fourth-order valence-corrected chi connectivity index (χ4v) is 4.35. The van der Waals surface area contributed by atoms with Crippen LogP contribution in [-0.2, 0) is 0 Å². The van der Waals surface area contributed by atoms with Crippen LogP contribution in [0.4, 0.5) is 5.95 Å². The highest BCUT2D eigenvalue weighted by Gasteiger charge is 2.52. The van der Waals surface area contributed by atoms with E-state index < -0.39 is 0 Å². The molecule has 0 radical (unpaired) electrons. The molecule has 1 amide bonds. The maximum Gasteiger partial charge on any atom is 0.372 e. The van der Waals surface area contributed by atoms with Crippen LogP contribution in [0.2, 0.25) is 0 Å². The van der Waals surface area contributed by atoms with Gasteiger partial charge < -0.3 is 5.11 Å². The molecule has 0 N–H and O–H groups in total. The smallest absolute Gasteiger partial charge is 0.372 e. The van der Waals surface area contributed by atoms with E-state index in [0.717, 1.165) is 25.7 Å². The lowest BCUT2D eigenvalue weighted by atomic mass is 9.90. The maximum absolute atomic E-state index is 13.3. The minimum atomic E-state index is -0.132. The third kappa shape index (κ3) is 5.27. The summed E-state index contributed by atoms with van der Waals surface area (Å²) < 4.78 is 3.68. The van der Waals surface area contributed by atoms with Gasteiger partial charge in [-0.2, -0.15) is 4.90 Å². The summed E-state index contributed by atoms with van der Waals surface area (Å²) in [6.07, 6.45) is 7.50. The molecule has 1 aliphatic carbocycles. The zero-order chi connectivity index (χ0) is 25.0. The van der Waals surface area contributed by atoms with E-state index in [1.165, 1.54) is 0 Å². The summed E-state index contributed by atoms with van der Waals surface area (Å²) in [6.45, 7) is 18.0. The van der Waals surface area contributed by atoms with Gasteiger partial charge in [0.2, 0.25) is 0 Å². The number of hydrogen-bond acceptors (Lipinski definition) is 3. The highest BCUT2D eigenvalue weighted by molar-refractivity contribution is 6.04. The van der Waals surface area contributed by atoms with Crippen molar-refractivity contribution in [1.82, 2.24) is 9.38 Å². The van der Waals surface area contributed by atoms with Crippen molar-refractivity contribution < 1.29 is 14.5 Å². The first-order valence-electron chi connectivity index (χ1n) is 12.2. The van der Waals surface area contributed by atoms with Gasteiger partial charge in [0, 0.05) is 6.20 Å². The summed E-state index contributed by atoms with van der Waals surface area (Å²) in [5, 5.41) is 13.0. The van der Waals surface area contributed by atoms with Gasteiger partial charge in [-0.1, -0.05) is 53.7 Å². The second-order valence-electron chi connectivity index (χ2n) is 6.74. The molecule has 6 heteroatoms. The van der Waals surface area contributed by atoms with Crippen LogP contribution in [0.3, 0.4) is 0 Å². The zero-order valence-corrected chi connectivity index (χ0v) is 21.1. The monoisotopic (exact) mass is 452 g/mol. The van der Waals surface area contributed by atoms with E-state index in [-0.39, 0.29) is 23.9 Å². The lowest BCUT2D eigenvalue weighted by Gasteiger charge is -2.27. The van der Waals surface area contributed by atoms with E-state index in [9.17, 15) is 9.90 Å². The van der Waals surface area contributed by atoms with E-state index in [2.05, 4.69) is 18.1 Å². The molecule has 2 atom stereocenters. The molecule has 3 aromatic rings. The van der Waals surface area contributed by atoms with Crippen molar-refractivity contribution in [1.29, 1.82) is 0 Å². The number of carbonyl (C=O) groups excluding carboxylic acids is 1. The Morgan fingerprint density at radius 2 is 1.64 bits per heavy atom. The van der Waals surface area contributed by atoms with Crippen molar-refractivity contribution in [3.63, 3.8) is 0 Å². The topological polar surface area (TPSA) is 64.5 Å². The third-order valence-corrected chi connectivity index (χ3v) is 5.40. The first-order chi connectivity index (χ1) is 16.3. The van der Waals surface area contributed by atoms with Gasteiger partial charge in [-0.25, -0.2) is 18.7 Å². The van der Waals surface area contributed by atoms with Crippen molar-refractivity contribution >= 4 is 17.4 Å². The van der Waals surface area contributed by atoms with Gasteiger partial charge in [-0.15, -0.1) is 13.2 Å². The number of hydrogen-bond donors (Lipinski definition) is 0. The van der Waals surface area contributed by atoms with Crippen LogP contribution in [0.25, 0.3) is 5.52 Å². The van der Waals surface area contributed by atoms with Gasteiger partial charge >= 0.3 is 11.9 Å². The summed E-state index contributed by atoms with van der Waals surface area (Å²) in [5.74, 6) is 0.531. The molecule has 5 rings (SSSR count).